The van der Waals surface area contributed by atoms with Gasteiger partial charge in [0.05, 0.1) is 12.5 Å². The van der Waals surface area contributed by atoms with Crippen molar-refractivity contribution in [2.45, 2.75) is 32.2 Å². The van der Waals surface area contributed by atoms with Crippen LogP contribution in [0.25, 0.3) is 0 Å². The van der Waals surface area contributed by atoms with Gasteiger partial charge in [0.25, 0.3) is 0 Å². The van der Waals surface area contributed by atoms with E-state index in [-0.39, 0.29) is 18.7 Å². The van der Waals surface area contributed by atoms with Gasteiger partial charge in [-0.1, -0.05) is 0 Å². The molecule has 0 aliphatic carbocycles. The van der Waals surface area contributed by atoms with E-state index in [1.54, 1.807) is 6.92 Å². The van der Waals surface area contributed by atoms with E-state index in [0.29, 0.717) is 13.0 Å². The van der Waals surface area contributed by atoms with Crippen LogP contribution in [0.1, 0.15) is 26.2 Å². The molecular formula is C12H20N2O5. The van der Waals surface area contributed by atoms with Crippen molar-refractivity contribution >= 4 is 17.8 Å². The zero-order chi connectivity index (χ0) is 14.5. The van der Waals surface area contributed by atoms with E-state index >= 15 is 0 Å². The molecule has 0 spiro atoms. The topological polar surface area (TPSA) is 105 Å². The van der Waals surface area contributed by atoms with E-state index in [1.165, 1.54) is 7.11 Å². The van der Waals surface area contributed by atoms with Crippen LogP contribution >= 0.6 is 0 Å². The summed E-state index contributed by atoms with van der Waals surface area (Å²) in [5, 5.41) is 14.6. The zero-order valence-corrected chi connectivity index (χ0v) is 11.2. The second kappa shape index (κ2) is 6.51. The summed E-state index contributed by atoms with van der Waals surface area (Å²) in [5.41, 5.74) is -0.584. The maximum Gasteiger partial charge on any atom is 0.326 e. The van der Waals surface area contributed by atoms with Gasteiger partial charge in [0.2, 0.25) is 5.91 Å². The standard InChI is InChI=1S/C12H20N2O5/c1-12(5-6-13-7-12)11(18)14-8(10(16)17)3-4-9(15)19-2/h8,13H,3-7H2,1-2H3,(H,14,18)(H,16,17)/t8-,12?/m1/s1. The van der Waals surface area contributed by atoms with Crippen LogP contribution in [0, 0.1) is 5.41 Å². The lowest BCUT2D eigenvalue weighted by Crippen LogP contribution is -2.48. The van der Waals surface area contributed by atoms with Gasteiger partial charge in [0.15, 0.2) is 0 Å². The molecule has 2 atom stereocenters. The van der Waals surface area contributed by atoms with Gasteiger partial charge in [-0.15, -0.1) is 0 Å². The molecule has 1 heterocycles. The third-order valence-electron chi connectivity index (χ3n) is 3.39. The van der Waals surface area contributed by atoms with Crippen LogP contribution in [0.3, 0.4) is 0 Å². The Kier molecular flexibility index (Phi) is 5.29. The molecular weight excluding hydrogens is 252 g/mol. The minimum atomic E-state index is -1.15. The second-order valence-corrected chi connectivity index (χ2v) is 4.97. The predicted octanol–water partition coefficient (Wildman–Crippen LogP) is -0.491. The zero-order valence-electron chi connectivity index (χ0n) is 11.2. The third kappa shape index (κ3) is 4.20. The van der Waals surface area contributed by atoms with E-state index < -0.39 is 23.4 Å². The Morgan fingerprint density at radius 2 is 2.16 bits per heavy atom. The quantitative estimate of drug-likeness (QED) is 0.563. The average Bonchev–Trinajstić information content (AvgIpc) is 2.81. The monoisotopic (exact) mass is 272 g/mol. The Labute approximate surface area is 111 Å². The summed E-state index contributed by atoms with van der Waals surface area (Å²) in [6, 6.07) is -1.07. The summed E-state index contributed by atoms with van der Waals surface area (Å²) in [4.78, 5) is 34.1. The first kappa shape index (κ1) is 15.4. The smallest absolute Gasteiger partial charge is 0.326 e. The summed E-state index contributed by atoms with van der Waals surface area (Å²) < 4.78 is 4.45. The van der Waals surface area contributed by atoms with Crippen molar-refractivity contribution in [1.29, 1.82) is 0 Å². The molecule has 1 aliphatic heterocycles. The fourth-order valence-corrected chi connectivity index (χ4v) is 1.96. The number of carbonyl (C=O) groups excluding carboxylic acids is 2. The van der Waals surface area contributed by atoms with Gasteiger partial charge in [-0.3, -0.25) is 9.59 Å². The van der Waals surface area contributed by atoms with E-state index in [4.69, 9.17) is 5.11 Å². The van der Waals surface area contributed by atoms with Crippen LogP contribution in [-0.2, 0) is 19.1 Å². The normalized spacial score (nSPS) is 23.7. The highest BCUT2D eigenvalue weighted by molar-refractivity contribution is 5.87. The lowest BCUT2D eigenvalue weighted by molar-refractivity contribution is -0.145. The molecule has 7 heteroatoms. The van der Waals surface area contributed by atoms with Gasteiger partial charge < -0.3 is 20.5 Å². The number of rotatable bonds is 6. The fourth-order valence-electron chi connectivity index (χ4n) is 1.96. The van der Waals surface area contributed by atoms with Gasteiger partial charge in [0, 0.05) is 13.0 Å². The Bertz CT molecular complexity index is 363. The Hall–Kier alpha value is -1.63. The highest BCUT2D eigenvalue weighted by atomic mass is 16.5. The van der Waals surface area contributed by atoms with Crippen molar-refractivity contribution in [3.63, 3.8) is 0 Å². The van der Waals surface area contributed by atoms with Gasteiger partial charge >= 0.3 is 11.9 Å². The third-order valence-corrected chi connectivity index (χ3v) is 3.39. The maximum atomic E-state index is 12.1. The molecule has 1 amide bonds. The lowest BCUT2D eigenvalue weighted by Gasteiger charge is -2.24. The summed E-state index contributed by atoms with van der Waals surface area (Å²) in [6.45, 7) is 3.06. The molecule has 0 radical (unpaired) electrons. The SMILES string of the molecule is COC(=O)CC[C@@H](NC(=O)C1(C)CCNC1)C(=O)O. The van der Waals surface area contributed by atoms with Crippen molar-refractivity contribution in [3.05, 3.63) is 0 Å². The largest absolute Gasteiger partial charge is 0.480 e. The van der Waals surface area contributed by atoms with Crippen LogP contribution in [0.4, 0.5) is 0 Å². The number of esters is 1. The summed E-state index contributed by atoms with van der Waals surface area (Å²) >= 11 is 0. The molecule has 1 unspecified atom stereocenters. The average molecular weight is 272 g/mol. The molecule has 1 rings (SSSR count). The van der Waals surface area contributed by atoms with Crippen molar-refractivity contribution in [2.75, 3.05) is 20.2 Å². The first-order valence-corrected chi connectivity index (χ1v) is 6.20. The number of ether oxygens (including phenoxy) is 1. The fraction of sp³-hybridized carbons (Fsp3) is 0.750. The van der Waals surface area contributed by atoms with Crippen LogP contribution in [-0.4, -0.2) is 49.2 Å². The molecule has 1 fully saturated rings. The lowest BCUT2D eigenvalue weighted by atomic mass is 9.88. The molecule has 0 saturated carbocycles. The van der Waals surface area contributed by atoms with Gasteiger partial charge in [-0.2, -0.15) is 0 Å². The minimum Gasteiger partial charge on any atom is -0.480 e. The van der Waals surface area contributed by atoms with Gasteiger partial charge in [0.1, 0.15) is 6.04 Å². The molecule has 0 aromatic heterocycles. The number of nitrogens with one attached hydrogen (secondary N) is 2. The Balaban J connectivity index is 2.55. The molecule has 1 saturated heterocycles. The molecule has 0 bridgehead atoms. The first-order chi connectivity index (χ1) is 8.89. The molecule has 0 aromatic rings. The highest BCUT2D eigenvalue weighted by Gasteiger charge is 2.38. The maximum absolute atomic E-state index is 12.1. The summed E-state index contributed by atoms with van der Waals surface area (Å²) in [7, 11) is 1.24. The van der Waals surface area contributed by atoms with Crippen LogP contribution in [0.2, 0.25) is 0 Å². The van der Waals surface area contributed by atoms with Crippen molar-refractivity contribution in [1.82, 2.24) is 10.6 Å². The number of carbonyl (C=O) groups is 3. The number of hydrogen-bond donors (Lipinski definition) is 3. The van der Waals surface area contributed by atoms with Crippen molar-refractivity contribution < 1.29 is 24.2 Å². The van der Waals surface area contributed by atoms with Gasteiger partial charge in [-0.25, -0.2) is 4.79 Å². The van der Waals surface area contributed by atoms with Gasteiger partial charge in [-0.05, 0) is 26.3 Å². The van der Waals surface area contributed by atoms with Crippen LogP contribution in [0.15, 0.2) is 0 Å². The predicted molar refractivity (Wildman–Crippen MR) is 66.4 cm³/mol. The number of methoxy groups -OCH3 is 1. The number of carboxylic acids is 1. The Morgan fingerprint density at radius 3 is 2.63 bits per heavy atom. The molecule has 1 aliphatic rings. The van der Waals surface area contributed by atoms with Crippen LogP contribution in [0.5, 0.6) is 0 Å². The summed E-state index contributed by atoms with van der Waals surface area (Å²) in [6.07, 6.45) is 0.655. The van der Waals surface area contributed by atoms with E-state index in [1.807, 2.05) is 0 Å². The highest BCUT2D eigenvalue weighted by Crippen LogP contribution is 2.24. The summed E-state index contributed by atoms with van der Waals surface area (Å²) in [5.74, 6) is -1.93. The second-order valence-electron chi connectivity index (χ2n) is 4.97. The molecule has 7 nitrogen and oxygen atoms in total. The van der Waals surface area contributed by atoms with E-state index in [2.05, 4.69) is 15.4 Å². The first-order valence-electron chi connectivity index (χ1n) is 6.20. The molecule has 108 valence electrons. The number of hydrogen-bond acceptors (Lipinski definition) is 5. The van der Waals surface area contributed by atoms with Crippen molar-refractivity contribution in [2.24, 2.45) is 5.41 Å². The van der Waals surface area contributed by atoms with E-state index in [9.17, 15) is 14.4 Å². The Morgan fingerprint density at radius 1 is 1.47 bits per heavy atom. The minimum absolute atomic E-state index is 0.0251. The molecule has 0 aromatic carbocycles. The molecule has 19 heavy (non-hydrogen) atoms. The number of aliphatic carboxylic acids is 1. The van der Waals surface area contributed by atoms with Crippen LogP contribution < -0.4 is 10.6 Å². The van der Waals surface area contributed by atoms with Crippen molar-refractivity contribution in [3.8, 4) is 0 Å². The number of amides is 1. The molecule has 3 N–H and O–H groups in total. The number of carboxylic acid groups (broad SMARTS) is 1. The van der Waals surface area contributed by atoms with E-state index in [0.717, 1.165) is 6.54 Å².